The SMILES string of the molecule is C[Si](C)(C)c1cc[cH-]c1.C[Si](C)(C)c1cc[cH-]c1.[Cl][Zr+2][Cl]. The summed E-state index contributed by atoms with van der Waals surface area (Å²) in [4.78, 5) is 0. The molecule has 0 aromatic heterocycles. The van der Waals surface area contributed by atoms with Gasteiger partial charge in [-0.1, -0.05) is 39.3 Å². The van der Waals surface area contributed by atoms with Crippen LogP contribution in [0.5, 0.6) is 0 Å². The quantitative estimate of drug-likeness (QED) is 0.444. The van der Waals surface area contributed by atoms with Crippen LogP contribution >= 0.6 is 17.0 Å². The summed E-state index contributed by atoms with van der Waals surface area (Å²) in [6.07, 6.45) is 0. The van der Waals surface area contributed by atoms with Crippen molar-refractivity contribution in [2.75, 3.05) is 0 Å². The van der Waals surface area contributed by atoms with Crippen molar-refractivity contribution in [3.05, 3.63) is 48.5 Å². The van der Waals surface area contributed by atoms with E-state index in [2.05, 4.69) is 87.8 Å². The van der Waals surface area contributed by atoms with Gasteiger partial charge in [-0.15, -0.1) is 0 Å². The third-order valence-electron chi connectivity index (χ3n) is 3.06. The summed E-state index contributed by atoms with van der Waals surface area (Å²) in [7, 11) is 7.91. The van der Waals surface area contributed by atoms with E-state index in [1.54, 1.807) is 10.4 Å². The summed E-state index contributed by atoms with van der Waals surface area (Å²) in [5.74, 6) is 0. The number of hydrogen-bond donors (Lipinski definition) is 0. The third-order valence-corrected chi connectivity index (χ3v) is 7.19. The van der Waals surface area contributed by atoms with Crippen molar-refractivity contribution in [1.82, 2.24) is 0 Å². The molecule has 0 atom stereocenters. The Balaban J connectivity index is 0.000000322. The maximum absolute atomic E-state index is 4.93. The van der Waals surface area contributed by atoms with Crippen molar-refractivity contribution in [3.63, 3.8) is 0 Å². The molecular weight excluding hydrogens is 410 g/mol. The molecule has 0 heterocycles. The van der Waals surface area contributed by atoms with Crippen molar-refractivity contribution < 1.29 is 20.8 Å². The Morgan fingerprint density at radius 2 is 1.05 bits per heavy atom. The van der Waals surface area contributed by atoms with Crippen molar-refractivity contribution in [2.24, 2.45) is 0 Å². The molecule has 0 bridgehead atoms. The van der Waals surface area contributed by atoms with Gasteiger partial charge in [0.05, 0.1) is 0 Å². The third kappa shape index (κ3) is 10.1. The maximum atomic E-state index is 4.93. The van der Waals surface area contributed by atoms with E-state index in [0.29, 0.717) is 0 Å². The van der Waals surface area contributed by atoms with Gasteiger partial charge in [0.25, 0.3) is 0 Å². The van der Waals surface area contributed by atoms with E-state index in [1.807, 2.05) is 0 Å². The average molecular weight is 437 g/mol. The van der Waals surface area contributed by atoms with Gasteiger partial charge in [-0.3, -0.25) is 0 Å². The molecule has 0 aliphatic rings. The van der Waals surface area contributed by atoms with Crippen LogP contribution in [0.2, 0.25) is 39.3 Å². The zero-order valence-corrected chi connectivity index (χ0v) is 19.8. The van der Waals surface area contributed by atoms with Crippen LogP contribution in [0.3, 0.4) is 0 Å². The van der Waals surface area contributed by atoms with Crippen LogP contribution in [0, 0.1) is 0 Å². The minimum absolute atomic E-state index is 0.826. The predicted octanol–water partition coefficient (Wildman–Crippen LogP) is 5.28. The molecule has 0 fully saturated rings. The molecule has 0 aliphatic carbocycles. The van der Waals surface area contributed by atoms with Gasteiger partial charge >= 0.3 is 37.9 Å². The second kappa shape index (κ2) is 10.4. The fourth-order valence-corrected chi connectivity index (χ4v) is 4.13. The van der Waals surface area contributed by atoms with E-state index in [9.17, 15) is 0 Å². The molecule has 0 unspecified atom stereocenters. The first-order valence-corrected chi connectivity index (χ1v) is 20.4. The second-order valence-electron chi connectivity index (χ2n) is 6.92. The molecule has 0 aliphatic heterocycles. The van der Waals surface area contributed by atoms with Crippen molar-refractivity contribution in [2.45, 2.75) is 39.3 Å². The van der Waals surface area contributed by atoms with Gasteiger partial charge in [0.1, 0.15) is 0 Å². The summed E-state index contributed by atoms with van der Waals surface area (Å²) in [6.45, 7) is 14.2. The molecule has 0 N–H and O–H groups in total. The molecule has 2 aromatic rings. The van der Waals surface area contributed by atoms with Gasteiger partial charge in [-0.2, -0.15) is 36.4 Å². The summed E-state index contributed by atoms with van der Waals surface area (Å²) in [5.41, 5.74) is 0. The molecule has 21 heavy (non-hydrogen) atoms. The van der Waals surface area contributed by atoms with Gasteiger partial charge in [0, 0.05) is 16.1 Å². The number of hydrogen-bond acceptors (Lipinski definition) is 0. The molecule has 0 saturated heterocycles. The van der Waals surface area contributed by atoms with Crippen LogP contribution in [0.4, 0.5) is 0 Å². The molecule has 0 amide bonds. The fourth-order valence-electron chi connectivity index (χ4n) is 1.75. The van der Waals surface area contributed by atoms with E-state index < -0.39 is 37.0 Å². The molecule has 0 radical (unpaired) electrons. The van der Waals surface area contributed by atoms with Crippen molar-refractivity contribution in [1.29, 1.82) is 0 Å². The van der Waals surface area contributed by atoms with E-state index in [4.69, 9.17) is 17.0 Å². The van der Waals surface area contributed by atoms with Crippen LogP contribution in [0.15, 0.2) is 48.5 Å². The van der Waals surface area contributed by atoms with Gasteiger partial charge < -0.3 is 0 Å². The number of halogens is 2. The van der Waals surface area contributed by atoms with Crippen molar-refractivity contribution in [3.8, 4) is 0 Å². The molecule has 2 aromatic carbocycles. The first-order chi connectivity index (χ1) is 9.62. The first-order valence-electron chi connectivity index (χ1n) is 7.03. The zero-order valence-electron chi connectivity index (χ0n) is 13.9. The normalized spacial score (nSPS) is 10.7. The standard InChI is InChI=1S/2C8H13Si.2ClH.Zr/c2*1-9(2,3)8-6-4-5-7-8;;;/h2*4-7H,1-3H3;2*1H;/q2*-1;;;+4/p-2. The van der Waals surface area contributed by atoms with Crippen LogP contribution in [-0.4, -0.2) is 16.1 Å². The molecule has 2 rings (SSSR count). The fraction of sp³-hybridized carbons (Fsp3) is 0.375. The predicted molar refractivity (Wildman–Crippen MR) is 102 cm³/mol. The Morgan fingerprint density at radius 1 is 0.762 bits per heavy atom. The van der Waals surface area contributed by atoms with E-state index >= 15 is 0 Å². The molecule has 5 heteroatoms. The Bertz CT molecular complexity index is 407. The molecule has 0 saturated carbocycles. The van der Waals surface area contributed by atoms with Gasteiger partial charge in [0.15, 0.2) is 0 Å². The topological polar surface area (TPSA) is 0 Å². The van der Waals surface area contributed by atoms with E-state index in [1.165, 1.54) is 0 Å². The van der Waals surface area contributed by atoms with Crippen LogP contribution < -0.4 is 10.4 Å². The summed E-state index contributed by atoms with van der Waals surface area (Å²) < 4.78 is 0. The van der Waals surface area contributed by atoms with Gasteiger partial charge in [-0.05, 0) is 0 Å². The molecule has 0 nitrogen and oxygen atoms in total. The molecule has 0 spiro atoms. The van der Waals surface area contributed by atoms with E-state index in [0.717, 1.165) is 0 Å². The zero-order chi connectivity index (χ0) is 16.5. The van der Waals surface area contributed by atoms with Gasteiger partial charge in [-0.25, -0.2) is 22.5 Å². The first kappa shape index (κ1) is 21.6. The second-order valence-corrected chi connectivity index (χ2v) is 20.8. The Kier molecular flexibility index (Phi) is 10.7. The molecule has 116 valence electrons. The Hall–Kier alpha value is 0.597. The number of rotatable bonds is 2. The Labute approximate surface area is 151 Å². The van der Waals surface area contributed by atoms with Crippen molar-refractivity contribution >= 4 is 43.5 Å². The van der Waals surface area contributed by atoms with Gasteiger partial charge in [0.2, 0.25) is 0 Å². The molecular formula is C16H26Cl2Si2Zr. The minimum atomic E-state index is -0.981. The monoisotopic (exact) mass is 434 g/mol. The average Bonchev–Trinajstić information content (AvgIpc) is 3.03. The summed E-state index contributed by atoms with van der Waals surface area (Å²) >= 11 is -0.826. The summed E-state index contributed by atoms with van der Waals surface area (Å²) in [5, 5.41) is 3.12. The Morgan fingerprint density at radius 3 is 1.14 bits per heavy atom. The van der Waals surface area contributed by atoms with Crippen LogP contribution in [0.25, 0.3) is 0 Å². The van der Waals surface area contributed by atoms with Crippen LogP contribution in [-0.2, 0) is 20.8 Å². The van der Waals surface area contributed by atoms with Crippen LogP contribution in [0.1, 0.15) is 0 Å². The van der Waals surface area contributed by atoms with E-state index in [-0.39, 0.29) is 0 Å². The summed E-state index contributed by atoms with van der Waals surface area (Å²) in [6, 6.07) is 17.4.